The molecule has 2 saturated heterocycles. The number of nitrogens with zero attached hydrogens (tertiary/aromatic N) is 2. The highest BCUT2D eigenvalue weighted by atomic mass is 19.1. The number of nitrogens with one attached hydrogen (secondary N) is 2. The van der Waals surface area contributed by atoms with Crippen LogP contribution in [0.1, 0.15) is 13.3 Å². The predicted octanol–water partition coefficient (Wildman–Crippen LogP) is 0.836. The minimum absolute atomic E-state index is 0.00870. The molecule has 0 saturated carbocycles. The molecule has 0 bridgehead atoms. The number of carbonyl (C=O) groups excluding carboxylic acids is 2. The fraction of sp³-hybridized carbons (Fsp3) is 0.579. The molecule has 26 heavy (non-hydrogen) atoms. The molecule has 1 aromatic rings. The molecule has 2 fully saturated rings. The summed E-state index contributed by atoms with van der Waals surface area (Å²) in [5, 5.41) is 6.05. The van der Waals surface area contributed by atoms with Gasteiger partial charge in [-0.05, 0) is 43.3 Å². The molecule has 1 atom stereocenters. The molecule has 3 rings (SSSR count). The van der Waals surface area contributed by atoms with E-state index in [-0.39, 0.29) is 23.5 Å². The summed E-state index contributed by atoms with van der Waals surface area (Å²) in [4.78, 5) is 28.4. The van der Waals surface area contributed by atoms with Crippen molar-refractivity contribution in [3.63, 3.8) is 0 Å². The molecular weight excluding hydrogens is 335 g/mol. The summed E-state index contributed by atoms with van der Waals surface area (Å²) in [5.41, 5.74) is 0.977. The Morgan fingerprint density at radius 2 is 1.85 bits per heavy atom. The monoisotopic (exact) mass is 362 g/mol. The molecule has 0 aliphatic carbocycles. The van der Waals surface area contributed by atoms with E-state index < -0.39 is 0 Å². The van der Waals surface area contributed by atoms with Gasteiger partial charge in [0.05, 0.1) is 0 Å². The minimum Gasteiger partial charge on any atom is -0.368 e. The fourth-order valence-electron chi connectivity index (χ4n) is 3.36. The zero-order chi connectivity index (χ0) is 18.5. The van der Waals surface area contributed by atoms with Gasteiger partial charge in [0.15, 0.2) is 0 Å². The molecule has 142 valence electrons. The average Bonchev–Trinajstić information content (AvgIpc) is 2.61. The van der Waals surface area contributed by atoms with E-state index in [1.165, 1.54) is 12.1 Å². The molecule has 2 amide bonds. The van der Waals surface area contributed by atoms with Crippen molar-refractivity contribution in [1.29, 1.82) is 0 Å². The lowest BCUT2D eigenvalue weighted by Crippen LogP contribution is -2.50. The van der Waals surface area contributed by atoms with Gasteiger partial charge in [-0.15, -0.1) is 0 Å². The van der Waals surface area contributed by atoms with Crippen LogP contribution in [0.3, 0.4) is 0 Å². The highest BCUT2D eigenvalue weighted by Crippen LogP contribution is 2.17. The van der Waals surface area contributed by atoms with E-state index in [2.05, 4.69) is 15.5 Å². The van der Waals surface area contributed by atoms with Crippen LogP contribution in [0.4, 0.5) is 10.1 Å². The fourth-order valence-corrected chi connectivity index (χ4v) is 3.36. The molecule has 6 nitrogen and oxygen atoms in total. The lowest BCUT2D eigenvalue weighted by atomic mass is 9.88. The van der Waals surface area contributed by atoms with Crippen molar-refractivity contribution >= 4 is 17.5 Å². The average molecular weight is 362 g/mol. The van der Waals surface area contributed by atoms with E-state index >= 15 is 0 Å². The molecule has 2 aliphatic rings. The topological polar surface area (TPSA) is 64.7 Å². The molecular formula is C19H27FN4O2. The van der Waals surface area contributed by atoms with Crippen LogP contribution in [-0.2, 0) is 9.59 Å². The number of carbonyl (C=O) groups is 2. The van der Waals surface area contributed by atoms with Crippen molar-refractivity contribution in [3.8, 4) is 0 Å². The zero-order valence-corrected chi connectivity index (χ0v) is 15.2. The standard InChI is InChI=1S/C19H27FN4O2/c1-14(15-12-21-13-15)19(26)22-7-6-18(25)24-10-8-23(9-11-24)17-4-2-16(20)3-5-17/h2-5,14-15,21H,6-13H2,1H3,(H,22,26). The van der Waals surface area contributed by atoms with Crippen LogP contribution < -0.4 is 15.5 Å². The van der Waals surface area contributed by atoms with Gasteiger partial charge in [-0.3, -0.25) is 9.59 Å². The summed E-state index contributed by atoms with van der Waals surface area (Å²) in [5.74, 6) is 0.260. The van der Waals surface area contributed by atoms with E-state index in [1.54, 1.807) is 12.1 Å². The molecule has 2 N–H and O–H groups in total. The lowest BCUT2D eigenvalue weighted by molar-refractivity contribution is -0.131. The first kappa shape index (κ1) is 18.6. The van der Waals surface area contributed by atoms with Crippen molar-refractivity contribution in [2.45, 2.75) is 13.3 Å². The van der Waals surface area contributed by atoms with Crippen LogP contribution >= 0.6 is 0 Å². The SMILES string of the molecule is CC(C(=O)NCCC(=O)N1CCN(c2ccc(F)cc2)CC1)C1CNC1. The Balaban J connectivity index is 1.37. The second-order valence-electron chi connectivity index (χ2n) is 7.09. The highest BCUT2D eigenvalue weighted by Gasteiger charge is 2.28. The third-order valence-electron chi connectivity index (χ3n) is 5.40. The van der Waals surface area contributed by atoms with Crippen molar-refractivity contribution in [1.82, 2.24) is 15.5 Å². The van der Waals surface area contributed by atoms with Gasteiger partial charge in [0, 0.05) is 50.7 Å². The van der Waals surface area contributed by atoms with Crippen molar-refractivity contribution < 1.29 is 14.0 Å². The van der Waals surface area contributed by atoms with Gasteiger partial charge < -0.3 is 20.4 Å². The van der Waals surface area contributed by atoms with E-state index in [4.69, 9.17) is 0 Å². The molecule has 1 aromatic carbocycles. The molecule has 7 heteroatoms. The van der Waals surface area contributed by atoms with E-state index in [1.807, 2.05) is 11.8 Å². The van der Waals surface area contributed by atoms with Crippen LogP contribution in [0.2, 0.25) is 0 Å². The maximum Gasteiger partial charge on any atom is 0.224 e. The zero-order valence-electron chi connectivity index (χ0n) is 15.2. The number of hydrogen-bond acceptors (Lipinski definition) is 4. The van der Waals surface area contributed by atoms with Gasteiger partial charge in [0.1, 0.15) is 5.82 Å². The Bertz CT molecular complexity index is 625. The van der Waals surface area contributed by atoms with Crippen LogP contribution in [0.5, 0.6) is 0 Å². The Hall–Kier alpha value is -2.15. The number of benzene rings is 1. The van der Waals surface area contributed by atoms with Crippen LogP contribution in [-0.4, -0.2) is 62.5 Å². The first-order chi connectivity index (χ1) is 12.5. The van der Waals surface area contributed by atoms with Gasteiger partial charge in [0.2, 0.25) is 11.8 Å². The van der Waals surface area contributed by atoms with Crippen LogP contribution in [0.15, 0.2) is 24.3 Å². The molecule has 0 radical (unpaired) electrons. The quantitative estimate of drug-likeness (QED) is 0.787. The second-order valence-corrected chi connectivity index (χ2v) is 7.09. The molecule has 2 aliphatic heterocycles. The van der Waals surface area contributed by atoms with Gasteiger partial charge in [-0.25, -0.2) is 4.39 Å². The van der Waals surface area contributed by atoms with Crippen molar-refractivity contribution in [2.75, 3.05) is 50.7 Å². The summed E-state index contributed by atoms with van der Waals surface area (Å²) in [6.07, 6.45) is 0.331. The normalized spacial score (nSPS) is 19.0. The van der Waals surface area contributed by atoms with Gasteiger partial charge >= 0.3 is 0 Å². The summed E-state index contributed by atoms with van der Waals surface area (Å²) in [6.45, 7) is 6.88. The lowest BCUT2D eigenvalue weighted by Gasteiger charge is -2.36. The number of amides is 2. The smallest absolute Gasteiger partial charge is 0.224 e. The first-order valence-corrected chi connectivity index (χ1v) is 9.31. The molecule has 2 heterocycles. The molecule has 1 unspecified atom stereocenters. The Morgan fingerprint density at radius 1 is 1.19 bits per heavy atom. The predicted molar refractivity (Wildman–Crippen MR) is 98.3 cm³/mol. The summed E-state index contributed by atoms with van der Waals surface area (Å²) in [6, 6.07) is 6.44. The van der Waals surface area contributed by atoms with Crippen LogP contribution in [0, 0.1) is 17.7 Å². The maximum absolute atomic E-state index is 13.0. The third kappa shape index (κ3) is 4.52. The summed E-state index contributed by atoms with van der Waals surface area (Å²) in [7, 11) is 0. The number of rotatable bonds is 6. The van der Waals surface area contributed by atoms with Crippen molar-refractivity contribution in [2.24, 2.45) is 11.8 Å². The van der Waals surface area contributed by atoms with Crippen molar-refractivity contribution in [3.05, 3.63) is 30.1 Å². The first-order valence-electron chi connectivity index (χ1n) is 9.31. The number of halogens is 1. The van der Waals surface area contributed by atoms with E-state index in [0.29, 0.717) is 32.0 Å². The number of anilines is 1. The molecule has 0 aromatic heterocycles. The number of hydrogen-bond donors (Lipinski definition) is 2. The molecule has 0 spiro atoms. The maximum atomic E-state index is 13.0. The van der Waals surface area contributed by atoms with E-state index in [0.717, 1.165) is 31.9 Å². The number of piperazine rings is 1. The van der Waals surface area contributed by atoms with Gasteiger partial charge in [0.25, 0.3) is 0 Å². The van der Waals surface area contributed by atoms with Crippen LogP contribution in [0.25, 0.3) is 0 Å². The Morgan fingerprint density at radius 3 is 2.42 bits per heavy atom. The van der Waals surface area contributed by atoms with Gasteiger partial charge in [-0.1, -0.05) is 6.92 Å². The Kier molecular flexibility index (Phi) is 6.08. The Labute approximate surface area is 153 Å². The second kappa shape index (κ2) is 8.49. The highest BCUT2D eigenvalue weighted by molar-refractivity contribution is 5.80. The summed E-state index contributed by atoms with van der Waals surface area (Å²) < 4.78 is 13.0. The van der Waals surface area contributed by atoms with E-state index in [9.17, 15) is 14.0 Å². The summed E-state index contributed by atoms with van der Waals surface area (Å²) >= 11 is 0. The van der Waals surface area contributed by atoms with Gasteiger partial charge in [-0.2, -0.15) is 0 Å². The minimum atomic E-state index is -0.243. The largest absolute Gasteiger partial charge is 0.368 e. The third-order valence-corrected chi connectivity index (χ3v) is 5.40.